The van der Waals surface area contributed by atoms with Crippen LogP contribution in [-0.2, 0) is 11.3 Å². The molecule has 4 N–H and O–H groups in total. The maximum Gasteiger partial charge on any atom is 0.255 e. The van der Waals surface area contributed by atoms with Crippen LogP contribution in [0.25, 0.3) is 0 Å². The number of ether oxygens (including phenoxy) is 1. The van der Waals surface area contributed by atoms with Gasteiger partial charge in [-0.2, -0.15) is 0 Å². The van der Waals surface area contributed by atoms with E-state index in [0.717, 1.165) is 5.56 Å². The van der Waals surface area contributed by atoms with Gasteiger partial charge in [-0.1, -0.05) is 11.6 Å². The number of nitrogens with two attached hydrogens (primary N) is 1. The minimum atomic E-state index is -0.533. The van der Waals surface area contributed by atoms with E-state index in [1.165, 1.54) is 0 Å². The lowest BCUT2D eigenvalue weighted by Crippen LogP contribution is -2.22. The van der Waals surface area contributed by atoms with Crippen molar-refractivity contribution in [3.05, 3.63) is 28.8 Å². The van der Waals surface area contributed by atoms with Crippen LogP contribution in [0.4, 0.5) is 0 Å². The van der Waals surface area contributed by atoms with Crippen molar-refractivity contribution in [2.75, 3.05) is 19.8 Å². The second-order valence-corrected chi connectivity index (χ2v) is 3.84. The smallest absolute Gasteiger partial charge is 0.255 e. The van der Waals surface area contributed by atoms with Crippen LogP contribution in [0, 0.1) is 0 Å². The Morgan fingerprint density at radius 2 is 2.29 bits per heavy atom. The van der Waals surface area contributed by atoms with Gasteiger partial charge in [0.25, 0.3) is 5.91 Å². The first-order valence-corrected chi connectivity index (χ1v) is 5.52. The van der Waals surface area contributed by atoms with E-state index in [9.17, 15) is 4.79 Å². The molecule has 0 unspecified atom stereocenters. The monoisotopic (exact) mass is 258 g/mol. The van der Waals surface area contributed by atoms with Crippen molar-refractivity contribution in [2.24, 2.45) is 5.73 Å². The molecule has 0 spiro atoms. The molecule has 1 aromatic carbocycles. The molecule has 0 aliphatic carbocycles. The zero-order valence-electron chi connectivity index (χ0n) is 9.28. The Bertz CT molecular complexity index is 385. The number of carbonyl (C=O) groups is 1. The molecule has 0 aromatic heterocycles. The number of hydrogen-bond donors (Lipinski definition) is 3. The number of aliphatic hydroxyl groups excluding tert-OH is 1. The Hall–Kier alpha value is -1.30. The molecule has 1 amide bonds. The van der Waals surface area contributed by atoms with Crippen LogP contribution in [-0.4, -0.2) is 30.8 Å². The van der Waals surface area contributed by atoms with Crippen molar-refractivity contribution in [3.63, 3.8) is 0 Å². The SMILES string of the molecule is NC(=O)COc1ccc(Cl)cc1CNCCO. The molecule has 0 atom stereocenters. The number of primary amides is 1. The molecular formula is C11H15ClN2O3. The summed E-state index contributed by atoms with van der Waals surface area (Å²) in [6.45, 7) is 0.851. The summed E-state index contributed by atoms with van der Waals surface area (Å²) in [7, 11) is 0. The van der Waals surface area contributed by atoms with Crippen molar-refractivity contribution in [1.82, 2.24) is 5.32 Å². The van der Waals surface area contributed by atoms with Gasteiger partial charge in [-0.05, 0) is 18.2 Å². The van der Waals surface area contributed by atoms with Crippen molar-refractivity contribution in [3.8, 4) is 5.75 Å². The predicted molar refractivity (Wildman–Crippen MR) is 64.9 cm³/mol. The zero-order valence-corrected chi connectivity index (χ0v) is 10.0. The third-order valence-electron chi connectivity index (χ3n) is 2.00. The van der Waals surface area contributed by atoms with Gasteiger partial charge in [0, 0.05) is 23.7 Å². The fourth-order valence-electron chi connectivity index (χ4n) is 1.28. The fourth-order valence-corrected chi connectivity index (χ4v) is 1.47. The summed E-state index contributed by atoms with van der Waals surface area (Å²) in [6, 6.07) is 5.09. The summed E-state index contributed by atoms with van der Waals surface area (Å²) in [5, 5.41) is 12.2. The molecule has 6 heteroatoms. The zero-order chi connectivity index (χ0) is 12.7. The molecule has 0 heterocycles. The molecule has 0 aliphatic rings. The summed E-state index contributed by atoms with van der Waals surface area (Å²) < 4.78 is 5.25. The second-order valence-electron chi connectivity index (χ2n) is 3.41. The van der Waals surface area contributed by atoms with Crippen molar-refractivity contribution < 1.29 is 14.6 Å². The first kappa shape index (κ1) is 13.8. The Morgan fingerprint density at radius 3 is 2.94 bits per heavy atom. The van der Waals surface area contributed by atoms with Crippen LogP contribution in [0.15, 0.2) is 18.2 Å². The summed E-state index contributed by atoms with van der Waals surface area (Å²) >= 11 is 5.87. The van der Waals surface area contributed by atoms with E-state index in [0.29, 0.717) is 23.9 Å². The van der Waals surface area contributed by atoms with Gasteiger partial charge in [0.05, 0.1) is 6.61 Å². The second kappa shape index (κ2) is 7.11. The van der Waals surface area contributed by atoms with Crippen LogP contribution in [0.3, 0.4) is 0 Å². The lowest BCUT2D eigenvalue weighted by atomic mass is 10.2. The van der Waals surface area contributed by atoms with E-state index >= 15 is 0 Å². The molecular weight excluding hydrogens is 244 g/mol. The van der Waals surface area contributed by atoms with Crippen LogP contribution in [0.5, 0.6) is 5.75 Å². The number of hydrogen-bond acceptors (Lipinski definition) is 4. The van der Waals surface area contributed by atoms with E-state index in [1.807, 2.05) is 0 Å². The highest BCUT2D eigenvalue weighted by Crippen LogP contribution is 2.22. The highest BCUT2D eigenvalue weighted by Gasteiger charge is 2.06. The van der Waals surface area contributed by atoms with E-state index in [4.69, 9.17) is 27.2 Å². The summed E-state index contributed by atoms with van der Waals surface area (Å²) in [5.41, 5.74) is 5.82. The molecule has 0 saturated heterocycles. The highest BCUT2D eigenvalue weighted by atomic mass is 35.5. The van der Waals surface area contributed by atoms with Crippen LogP contribution in [0.1, 0.15) is 5.56 Å². The summed E-state index contributed by atoms with van der Waals surface area (Å²) in [4.78, 5) is 10.6. The van der Waals surface area contributed by atoms with Gasteiger partial charge in [-0.15, -0.1) is 0 Å². The van der Waals surface area contributed by atoms with Crippen LogP contribution < -0.4 is 15.8 Å². The normalized spacial score (nSPS) is 10.2. The van der Waals surface area contributed by atoms with Gasteiger partial charge in [-0.3, -0.25) is 4.79 Å². The number of halogens is 1. The molecule has 0 aliphatic heterocycles. The number of carbonyl (C=O) groups excluding carboxylic acids is 1. The lowest BCUT2D eigenvalue weighted by molar-refractivity contribution is -0.119. The van der Waals surface area contributed by atoms with Gasteiger partial charge in [0.1, 0.15) is 5.75 Å². The quantitative estimate of drug-likeness (QED) is 0.614. The number of amides is 1. The van der Waals surface area contributed by atoms with Crippen molar-refractivity contribution in [2.45, 2.75) is 6.54 Å². The average Bonchev–Trinajstić information content (AvgIpc) is 2.28. The molecule has 5 nitrogen and oxygen atoms in total. The van der Waals surface area contributed by atoms with E-state index in [1.54, 1.807) is 18.2 Å². The fraction of sp³-hybridized carbons (Fsp3) is 0.364. The highest BCUT2D eigenvalue weighted by molar-refractivity contribution is 6.30. The Kier molecular flexibility index (Phi) is 5.76. The third kappa shape index (κ3) is 5.04. The van der Waals surface area contributed by atoms with E-state index < -0.39 is 5.91 Å². The molecule has 0 saturated carbocycles. The van der Waals surface area contributed by atoms with Crippen molar-refractivity contribution in [1.29, 1.82) is 0 Å². The predicted octanol–water partition coefficient (Wildman–Crippen LogP) is 0.286. The molecule has 94 valence electrons. The van der Waals surface area contributed by atoms with Gasteiger partial charge < -0.3 is 20.9 Å². The Labute approximate surface area is 105 Å². The molecule has 17 heavy (non-hydrogen) atoms. The van der Waals surface area contributed by atoms with Gasteiger partial charge in [0.2, 0.25) is 0 Å². The number of aliphatic hydroxyl groups is 1. The molecule has 1 rings (SSSR count). The summed E-state index contributed by atoms with van der Waals surface area (Å²) in [5.74, 6) is 0.0212. The van der Waals surface area contributed by atoms with E-state index in [2.05, 4.69) is 5.32 Å². The van der Waals surface area contributed by atoms with Gasteiger partial charge in [0.15, 0.2) is 6.61 Å². The standard InChI is InChI=1S/C11H15ClN2O3/c12-9-1-2-10(17-7-11(13)16)8(5-9)6-14-3-4-15/h1-2,5,14-15H,3-4,6-7H2,(H2,13,16). The Morgan fingerprint density at radius 1 is 1.53 bits per heavy atom. The van der Waals surface area contributed by atoms with Crippen molar-refractivity contribution >= 4 is 17.5 Å². The third-order valence-corrected chi connectivity index (χ3v) is 2.23. The molecule has 1 aromatic rings. The van der Waals surface area contributed by atoms with Crippen LogP contribution in [0.2, 0.25) is 5.02 Å². The van der Waals surface area contributed by atoms with Crippen LogP contribution >= 0.6 is 11.6 Å². The maximum atomic E-state index is 10.6. The van der Waals surface area contributed by atoms with E-state index in [-0.39, 0.29) is 13.2 Å². The summed E-state index contributed by atoms with van der Waals surface area (Å²) in [6.07, 6.45) is 0. The number of benzene rings is 1. The minimum Gasteiger partial charge on any atom is -0.483 e. The lowest BCUT2D eigenvalue weighted by Gasteiger charge is -2.11. The molecule has 0 fully saturated rings. The van der Waals surface area contributed by atoms with Gasteiger partial charge >= 0.3 is 0 Å². The average molecular weight is 259 g/mol. The van der Waals surface area contributed by atoms with Gasteiger partial charge in [-0.25, -0.2) is 0 Å². The maximum absolute atomic E-state index is 10.6. The first-order valence-electron chi connectivity index (χ1n) is 5.14. The first-order chi connectivity index (χ1) is 8.13. The Balaban J connectivity index is 2.69. The minimum absolute atomic E-state index is 0.0536. The number of rotatable bonds is 7. The number of nitrogens with one attached hydrogen (secondary N) is 1. The largest absolute Gasteiger partial charge is 0.483 e. The molecule has 0 bridgehead atoms. The molecule has 0 radical (unpaired) electrons. The topological polar surface area (TPSA) is 84.6 Å².